The van der Waals surface area contributed by atoms with Gasteiger partial charge in [-0.05, 0) is 18.2 Å². The second-order valence-electron chi connectivity index (χ2n) is 5.16. The van der Waals surface area contributed by atoms with Crippen LogP contribution in [0.25, 0.3) is 0 Å². The molecule has 24 heavy (non-hydrogen) atoms. The van der Waals surface area contributed by atoms with Gasteiger partial charge >= 0.3 is 6.36 Å². The van der Waals surface area contributed by atoms with E-state index < -0.39 is 31.0 Å². The highest BCUT2D eigenvalue weighted by Gasteiger charge is 2.35. The number of rotatable bonds is 5. The van der Waals surface area contributed by atoms with E-state index in [2.05, 4.69) is 26.0 Å². The topological polar surface area (TPSA) is 24.5 Å². The first-order valence-corrected chi connectivity index (χ1v) is 7.83. The number of piperazine rings is 1. The van der Waals surface area contributed by atoms with Gasteiger partial charge in [0.05, 0.1) is 0 Å². The SMILES string of the molecule is Cl.FC(F)C[C@H](c1cc(Br)ccc1OC(F)(F)F)N1CCNCC1. The van der Waals surface area contributed by atoms with Gasteiger partial charge in [-0.25, -0.2) is 8.78 Å². The van der Waals surface area contributed by atoms with Crippen LogP contribution in [0.5, 0.6) is 5.75 Å². The van der Waals surface area contributed by atoms with E-state index in [1.807, 2.05) is 0 Å². The molecule has 1 atom stereocenters. The number of alkyl halides is 5. The minimum atomic E-state index is -4.87. The molecule has 138 valence electrons. The van der Waals surface area contributed by atoms with Crippen molar-refractivity contribution in [2.45, 2.75) is 25.3 Å². The molecule has 10 heteroatoms. The molecular weight excluding hydrogens is 423 g/mol. The van der Waals surface area contributed by atoms with Gasteiger partial charge in [0.15, 0.2) is 0 Å². The highest BCUT2D eigenvalue weighted by molar-refractivity contribution is 9.10. The number of nitrogens with one attached hydrogen (secondary N) is 1. The van der Waals surface area contributed by atoms with Crippen molar-refractivity contribution in [2.24, 2.45) is 0 Å². The molecule has 0 aliphatic carbocycles. The summed E-state index contributed by atoms with van der Waals surface area (Å²) < 4.78 is 68.3. The Morgan fingerprint density at radius 3 is 2.38 bits per heavy atom. The molecule has 3 nitrogen and oxygen atoms in total. The van der Waals surface area contributed by atoms with E-state index in [-0.39, 0.29) is 18.0 Å². The predicted octanol–water partition coefficient (Wildman–Crippen LogP) is 4.37. The summed E-state index contributed by atoms with van der Waals surface area (Å²) in [5, 5.41) is 3.09. The van der Waals surface area contributed by atoms with Crippen molar-refractivity contribution in [3.8, 4) is 5.75 Å². The van der Waals surface area contributed by atoms with Crippen molar-refractivity contribution in [1.82, 2.24) is 10.2 Å². The molecule has 0 aromatic heterocycles. The normalized spacial score (nSPS) is 17.5. The molecule has 1 aromatic rings. The minimum Gasteiger partial charge on any atom is -0.405 e. The maximum absolute atomic E-state index is 13.0. The summed E-state index contributed by atoms with van der Waals surface area (Å²) in [5.74, 6) is -0.440. The van der Waals surface area contributed by atoms with Crippen LogP contribution < -0.4 is 10.1 Å². The molecule has 1 N–H and O–H groups in total. The summed E-state index contributed by atoms with van der Waals surface area (Å²) >= 11 is 3.18. The van der Waals surface area contributed by atoms with Gasteiger partial charge in [0.1, 0.15) is 5.75 Å². The zero-order chi connectivity index (χ0) is 17.0. The standard InChI is InChI=1S/C14H16BrF5N2O.ClH/c15-9-1-2-12(23-14(18,19)20)10(7-9)11(8-13(16)17)22-5-3-21-4-6-22;/h1-2,7,11,13,21H,3-6,8H2;1H/t11-;/m1./s1. The van der Waals surface area contributed by atoms with Crippen molar-refractivity contribution >= 4 is 28.3 Å². The van der Waals surface area contributed by atoms with Crippen molar-refractivity contribution in [1.29, 1.82) is 0 Å². The maximum atomic E-state index is 13.0. The van der Waals surface area contributed by atoms with Crippen LogP contribution >= 0.6 is 28.3 Å². The Morgan fingerprint density at radius 2 is 1.83 bits per heavy atom. The van der Waals surface area contributed by atoms with Crippen LogP contribution in [0.3, 0.4) is 0 Å². The Hall–Kier alpha value is -0.640. The molecule has 0 saturated carbocycles. The first-order valence-electron chi connectivity index (χ1n) is 7.04. The lowest BCUT2D eigenvalue weighted by molar-refractivity contribution is -0.275. The van der Waals surface area contributed by atoms with Gasteiger partial charge in [-0.1, -0.05) is 15.9 Å². The quantitative estimate of drug-likeness (QED) is 0.690. The molecule has 1 heterocycles. The van der Waals surface area contributed by atoms with Crippen molar-refractivity contribution in [2.75, 3.05) is 26.2 Å². The number of ether oxygens (including phenoxy) is 1. The Morgan fingerprint density at radius 1 is 1.21 bits per heavy atom. The Balaban J connectivity index is 0.00000288. The summed E-state index contributed by atoms with van der Waals surface area (Å²) in [6, 6.07) is 3.11. The van der Waals surface area contributed by atoms with E-state index in [0.717, 1.165) is 6.07 Å². The van der Waals surface area contributed by atoms with Gasteiger partial charge in [-0.15, -0.1) is 25.6 Å². The van der Waals surface area contributed by atoms with Crippen LogP contribution in [0.4, 0.5) is 22.0 Å². The Bertz CT molecular complexity index is 526. The highest BCUT2D eigenvalue weighted by atomic mass is 79.9. The first kappa shape index (κ1) is 21.4. The fourth-order valence-electron chi connectivity index (χ4n) is 2.63. The summed E-state index contributed by atoms with van der Waals surface area (Å²) in [5.41, 5.74) is 0.110. The molecule has 0 spiro atoms. The van der Waals surface area contributed by atoms with Gasteiger partial charge in [-0.2, -0.15) is 0 Å². The Labute approximate surface area is 151 Å². The second kappa shape index (κ2) is 9.17. The van der Waals surface area contributed by atoms with Crippen molar-refractivity contribution < 1.29 is 26.7 Å². The highest BCUT2D eigenvalue weighted by Crippen LogP contribution is 2.38. The third-order valence-electron chi connectivity index (χ3n) is 3.55. The van der Waals surface area contributed by atoms with Crippen LogP contribution in [0.1, 0.15) is 18.0 Å². The van der Waals surface area contributed by atoms with Gasteiger partial charge in [0.25, 0.3) is 0 Å². The summed E-state index contributed by atoms with van der Waals surface area (Å²) in [7, 11) is 0. The number of benzene rings is 1. The summed E-state index contributed by atoms with van der Waals surface area (Å²) in [6.45, 7) is 2.16. The smallest absolute Gasteiger partial charge is 0.405 e. The Kier molecular flexibility index (Phi) is 8.17. The van der Waals surface area contributed by atoms with Gasteiger partial charge < -0.3 is 10.1 Å². The molecule has 1 aliphatic heterocycles. The first-order chi connectivity index (χ1) is 10.8. The molecule has 0 amide bonds. The zero-order valence-corrected chi connectivity index (χ0v) is 14.9. The molecule has 1 saturated heterocycles. The van der Waals surface area contributed by atoms with Crippen LogP contribution in [-0.2, 0) is 0 Å². The third kappa shape index (κ3) is 6.34. The summed E-state index contributed by atoms with van der Waals surface area (Å²) in [6.07, 6.45) is -8.06. The summed E-state index contributed by atoms with van der Waals surface area (Å²) in [4.78, 5) is 1.76. The van der Waals surface area contributed by atoms with Crippen molar-refractivity contribution in [3.05, 3.63) is 28.2 Å². The number of hydrogen-bond donors (Lipinski definition) is 1. The van der Waals surface area contributed by atoms with Gasteiger partial charge in [0, 0.05) is 48.7 Å². The van der Waals surface area contributed by atoms with Crippen LogP contribution in [0.2, 0.25) is 0 Å². The molecule has 2 rings (SSSR count). The lowest BCUT2D eigenvalue weighted by Gasteiger charge is -2.36. The van der Waals surface area contributed by atoms with Crippen LogP contribution in [0, 0.1) is 0 Å². The molecule has 1 fully saturated rings. The molecule has 0 bridgehead atoms. The average molecular weight is 440 g/mol. The molecule has 0 radical (unpaired) electrons. The van der Waals surface area contributed by atoms with E-state index in [1.165, 1.54) is 12.1 Å². The second-order valence-corrected chi connectivity index (χ2v) is 6.07. The van der Waals surface area contributed by atoms with E-state index in [1.54, 1.807) is 4.90 Å². The van der Waals surface area contributed by atoms with Crippen LogP contribution in [0.15, 0.2) is 22.7 Å². The zero-order valence-electron chi connectivity index (χ0n) is 12.5. The number of halogens is 7. The molecule has 1 aliphatic rings. The van der Waals surface area contributed by atoms with E-state index >= 15 is 0 Å². The van der Waals surface area contributed by atoms with E-state index in [0.29, 0.717) is 30.7 Å². The molecular formula is C14H17BrClF5N2O. The maximum Gasteiger partial charge on any atom is 0.573 e. The molecule has 1 aromatic carbocycles. The lowest BCUT2D eigenvalue weighted by atomic mass is 10.00. The third-order valence-corrected chi connectivity index (χ3v) is 4.04. The van der Waals surface area contributed by atoms with Gasteiger partial charge in [-0.3, -0.25) is 4.90 Å². The minimum absolute atomic E-state index is 0. The monoisotopic (exact) mass is 438 g/mol. The van der Waals surface area contributed by atoms with E-state index in [4.69, 9.17) is 0 Å². The largest absolute Gasteiger partial charge is 0.573 e. The van der Waals surface area contributed by atoms with Crippen molar-refractivity contribution in [3.63, 3.8) is 0 Å². The number of hydrogen-bond acceptors (Lipinski definition) is 3. The average Bonchev–Trinajstić information content (AvgIpc) is 2.46. The van der Waals surface area contributed by atoms with Gasteiger partial charge in [0.2, 0.25) is 6.43 Å². The predicted molar refractivity (Wildman–Crippen MR) is 85.9 cm³/mol. The fourth-order valence-corrected chi connectivity index (χ4v) is 3.01. The number of nitrogens with zero attached hydrogens (tertiary/aromatic N) is 1. The lowest BCUT2D eigenvalue weighted by Crippen LogP contribution is -2.45. The fraction of sp³-hybridized carbons (Fsp3) is 0.571. The van der Waals surface area contributed by atoms with E-state index in [9.17, 15) is 22.0 Å². The molecule has 0 unspecified atom stereocenters. The van der Waals surface area contributed by atoms with Crippen LogP contribution in [-0.4, -0.2) is 43.9 Å².